The molecule has 0 spiro atoms. The van der Waals surface area contributed by atoms with E-state index in [1.807, 2.05) is 47.8 Å². The van der Waals surface area contributed by atoms with E-state index in [1.54, 1.807) is 35.6 Å². The first-order chi connectivity index (χ1) is 14.7. The van der Waals surface area contributed by atoms with E-state index in [0.717, 1.165) is 10.4 Å². The molecule has 1 aliphatic rings. The normalized spacial score (nSPS) is 13.2. The minimum Gasteiger partial charge on any atom is -0.270 e. The molecule has 4 aromatic rings. The summed E-state index contributed by atoms with van der Waals surface area (Å²) in [6, 6.07) is 29.8. The lowest BCUT2D eigenvalue weighted by Crippen LogP contribution is -2.29. The third-order valence-corrected chi connectivity index (χ3v) is 6.54. The highest BCUT2D eigenvalue weighted by Gasteiger charge is 2.36. The van der Waals surface area contributed by atoms with Gasteiger partial charge in [-0.05, 0) is 40.3 Å². The van der Waals surface area contributed by atoms with Crippen LogP contribution < -0.4 is 0 Å². The van der Waals surface area contributed by atoms with Crippen LogP contribution in [0.2, 0.25) is 0 Å². The highest BCUT2D eigenvalue weighted by atomic mass is 32.1. The van der Waals surface area contributed by atoms with Crippen molar-refractivity contribution in [2.24, 2.45) is 0 Å². The molecule has 0 aliphatic carbocycles. The number of imide groups is 1. The third-order valence-electron chi connectivity index (χ3n) is 5.52. The number of nitrogens with zero attached hydrogens (tertiary/aromatic N) is 1. The quantitative estimate of drug-likeness (QED) is 0.395. The van der Waals surface area contributed by atoms with E-state index in [1.165, 1.54) is 16.0 Å². The molecule has 0 N–H and O–H groups in total. The molecular weight excluding hydrogens is 390 g/mol. The van der Waals surface area contributed by atoms with Gasteiger partial charge in [-0.25, -0.2) is 0 Å². The second-order valence-corrected chi connectivity index (χ2v) is 8.25. The van der Waals surface area contributed by atoms with Gasteiger partial charge in [0.2, 0.25) is 0 Å². The lowest BCUT2D eigenvalue weighted by molar-refractivity contribution is 0.0642. The number of rotatable bonds is 5. The lowest BCUT2D eigenvalue weighted by Gasteiger charge is -2.21. The highest BCUT2D eigenvalue weighted by molar-refractivity contribution is 7.10. The van der Waals surface area contributed by atoms with Gasteiger partial charge in [0.25, 0.3) is 11.8 Å². The molecule has 4 heteroatoms. The van der Waals surface area contributed by atoms with Crippen LogP contribution >= 0.6 is 11.3 Å². The van der Waals surface area contributed by atoms with Crippen LogP contribution in [0.5, 0.6) is 0 Å². The zero-order valence-electron chi connectivity index (χ0n) is 16.2. The summed E-state index contributed by atoms with van der Waals surface area (Å²) >= 11 is 1.67. The zero-order chi connectivity index (χ0) is 20.5. The fraction of sp³-hybridized carbons (Fsp3) is 0.0769. The molecule has 5 rings (SSSR count). The van der Waals surface area contributed by atoms with Gasteiger partial charge in [-0.2, -0.15) is 0 Å². The summed E-state index contributed by atoms with van der Waals surface area (Å²) in [5, 5.41) is 2.04. The molecule has 0 bridgehead atoms. The standard InChI is InChI=1S/C26H19NO2S/c28-25-21-13-7-8-14-22(21)26(29)27(25)17-20-15-16-30-24(20)23(18-9-3-1-4-10-18)19-11-5-2-6-12-19/h1-16,23H,17H2. The van der Waals surface area contributed by atoms with Crippen LogP contribution in [-0.2, 0) is 6.54 Å². The van der Waals surface area contributed by atoms with Gasteiger partial charge >= 0.3 is 0 Å². The molecule has 30 heavy (non-hydrogen) atoms. The van der Waals surface area contributed by atoms with Crippen molar-refractivity contribution in [1.82, 2.24) is 4.90 Å². The Morgan fingerprint density at radius 2 is 1.17 bits per heavy atom. The predicted octanol–water partition coefficient (Wildman–Crippen LogP) is 5.72. The molecule has 3 nitrogen and oxygen atoms in total. The van der Waals surface area contributed by atoms with E-state index in [2.05, 4.69) is 24.3 Å². The second kappa shape index (κ2) is 7.73. The average Bonchev–Trinajstić information content (AvgIpc) is 3.34. The van der Waals surface area contributed by atoms with Crippen molar-refractivity contribution in [1.29, 1.82) is 0 Å². The fourth-order valence-corrected chi connectivity index (χ4v) is 5.14. The van der Waals surface area contributed by atoms with E-state index < -0.39 is 0 Å². The molecule has 0 saturated carbocycles. The maximum absolute atomic E-state index is 12.9. The van der Waals surface area contributed by atoms with E-state index >= 15 is 0 Å². The summed E-state index contributed by atoms with van der Waals surface area (Å²) in [7, 11) is 0. The number of hydrogen-bond acceptors (Lipinski definition) is 3. The highest BCUT2D eigenvalue weighted by Crippen LogP contribution is 2.38. The SMILES string of the molecule is O=C1c2ccccc2C(=O)N1Cc1ccsc1C(c1ccccc1)c1ccccc1. The van der Waals surface area contributed by atoms with E-state index in [9.17, 15) is 9.59 Å². The van der Waals surface area contributed by atoms with Crippen molar-refractivity contribution >= 4 is 23.2 Å². The van der Waals surface area contributed by atoms with Gasteiger partial charge < -0.3 is 0 Å². The van der Waals surface area contributed by atoms with Crippen LogP contribution in [0.3, 0.4) is 0 Å². The number of carbonyl (C=O) groups excluding carboxylic acids is 2. The molecule has 0 saturated heterocycles. The van der Waals surface area contributed by atoms with Gasteiger partial charge in [0.15, 0.2) is 0 Å². The van der Waals surface area contributed by atoms with Crippen molar-refractivity contribution in [2.45, 2.75) is 12.5 Å². The zero-order valence-corrected chi connectivity index (χ0v) is 17.0. The Hall–Kier alpha value is -3.50. The molecule has 1 aliphatic heterocycles. The van der Waals surface area contributed by atoms with Gasteiger partial charge in [-0.1, -0.05) is 72.8 Å². The Kier molecular flexibility index (Phi) is 4.77. The number of hydrogen-bond donors (Lipinski definition) is 0. The summed E-state index contributed by atoms with van der Waals surface area (Å²) in [5.41, 5.74) is 4.36. The van der Waals surface area contributed by atoms with Crippen LogP contribution in [0.4, 0.5) is 0 Å². The van der Waals surface area contributed by atoms with Crippen LogP contribution in [-0.4, -0.2) is 16.7 Å². The first-order valence-corrected chi connectivity index (χ1v) is 10.7. The van der Waals surface area contributed by atoms with Crippen molar-refractivity contribution in [3.63, 3.8) is 0 Å². The Balaban J connectivity index is 1.54. The first kappa shape index (κ1) is 18.5. The van der Waals surface area contributed by atoms with Gasteiger partial charge in [0.05, 0.1) is 17.7 Å². The van der Waals surface area contributed by atoms with E-state index in [4.69, 9.17) is 0 Å². The largest absolute Gasteiger partial charge is 0.270 e. The molecule has 0 fully saturated rings. The van der Waals surface area contributed by atoms with Gasteiger partial charge in [0.1, 0.15) is 0 Å². The predicted molar refractivity (Wildman–Crippen MR) is 119 cm³/mol. The second-order valence-electron chi connectivity index (χ2n) is 7.31. The van der Waals surface area contributed by atoms with Crippen molar-refractivity contribution in [3.05, 3.63) is 129 Å². The van der Waals surface area contributed by atoms with Crippen LogP contribution in [0, 0.1) is 0 Å². The Morgan fingerprint density at radius 1 is 0.667 bits per heavy atom. The minimum absolute atomic E-state index is 0.0533. The number of benzene rings is 3. The molecule has 0 unspecified atom stereocenters. The maximum atomic E-state index is 12.9. The number of thiophene rings is 1. The van der Waals surface area contributed by atoms with Crippen molar-refractivity contribution in [2.75, 3.05) is 0 Å². The maximum Gasteiger partial charge on any atom is 0.261 e. The molecule has 0 atom stereocenters. The molecule has 146 valence electrons. The topological polar surface area (TPSA) is 37.4 Å². The summed E-state index contributed by atoms with van der Waals surface area (Å²) < 4.78 is 0. The summed E-state index contributed by atoms with van der Waals surface area (Å²) in [5.74, 6) is -0.384. The Morgan fingerprint density at radius 3 is 1.70 bits per heavy atom. The van der Waals surface area contributed by atoms with E-state index in [-0.39, 0.29) is 24.3 Å². The smallest absolute Gasteiger partial charge is 0.261 e. The fourth-order valence-electron chi connectivity index (χ4n) is 4.07. The average molecular weight is 410 g/mol. The first-order valence-electron chi connectivity index (χ1n) is 9.85. The van der Waals surface area contributed by atoms with Gasteiger partial charge in [-0.15, -0.1) is 11.3 Å². The lowest BCUT2D eigenvalue weighted by atomic mass is 9.88. The number of amides is 2. The summed E-state index contributed by atoms with van der Waals surface area (Å²) in [4.78, 5) is 28.2. The molecular formula is C26H19NO2S. The Bertz CT molecular complexity index is 1140. The van der Waals surface area contributed by atoms with Gasteiger partial charge in [-0.3, -0.25) is 14.5 Å². The number of fused-ring (bicyclic) bond motifs is 1. The van der Waals surface area contributed by atoms with Crippen LogP contribution in [0.15, 0.2) is 96.4 Å². The molecule has 3 aromatic carbocycles. The van der Waals surface area contributed by atoms with E-state index in [0.29, 0.717) is 11.1 Å². The molecule has 0 radical (unpaired) electrons. The summed E-state index contributed by atoms with van der Waals surface area (Å²) in [6.07, 6.45) is 0. The Labute approximate surface area is 179 Å². The van der Waals surface area contributed by atoms with Crippen molar-refractivity contribution in [3.8, 4) is 0 Å². The van der Waals surface area contributed by atoms with Gasteiger partial charge in [0, 0.05) is 10.8 Å². The minimum atomic E-state index is -0.219. The van der Waals surface area contributed by atoms with Crippen LogP contribution in [0.25, 0.3) is 0 Å². The van der Waals surface area contributed by atoms with Crippen molar-refractivity contribution < 1.29 is 9.59 Å². The third kappa shape index (κ3) is 3.15. The monoisotopic (exact) mass is 409 g/mol. The molecule has 2 heterocycles. The molecule has 2 amide bonds. The molecule has 1 aromatic heterocycles. The van der Waals surface area contributed by atoms with Crippen LogP contribution in [0.1, 0.15) is 48.2 Å². The summed E-state index contributed by atoms with van der Waals surface area (Å²) in [6.45, 7) is 0.279. The number of carbonyl (C=O) groups is 2.